The summed E-state index contributed by atoms with van der Waals surface area (Å²) >= 11 is 2.14. The first-order chi connectivity index (χ1) is 7.77. The quantitative estimate of drug-likeness (QED) is 0.662. The fraction of sp³-hybridized carbons (Fsp3) is 1.00. The normalized spacial score (nSPS) is 48.2. The van der Waals surface area contributed by atoms with E-state index in [4.69, 9.17) is 4.74 Å². The number of thioether (sulfide) groups is 1. The third kappa shape index (κ3) is 1.54. The molecule has 2 saturated carbocycles. The first kappa shape index (κ1) is 12.6. The van der Waals surface area contributed by atoms with E-state index in [0.29, 0.717) is 22.0 Å². The van der Waals surface area contributed by atoms with Crippen LogP contribution in [0.5, 0.6) is 0 Å². The summed E-state index contributed by atoms with van der Waals surface area (Å²) in [6.07, 6.45) is 4.79. The van der Waals surface area contributed by atoms with Gasteiger partial charge >= 0.3 is 0 Å². The summed E-state index contributed by atoms with van der Waals surface area (Å²) in [5.74, 6) is 2.28. The van der Waals surface area contributed by atoms with Gasteiger partial charge in [0.2, 0.25) is 0 Å². The van der Waals surface area contributed by atoms with Crippen molar-refractivity contribution < 1.29 is 4.74 Å². The topological polar surface area (TPSA) is 9.23 Å². The first-order valence-corrected chi connectivity index (χ1v) is 11.7. The van der Waals surface area contributed by atoms with Crippen LogP contribution in [0.15, 0.2) is 0 Å². The van der Waals surface area contributed by atoms with Gasteiger partial charge in [-0.2, -0.15) is 0 Å². The van der Waals surface area contributed by atoms with Gasteiger partial charge in [0.15, 0.2) is 0 Å². The lowest BCUT2D eigenvalue weighted by atomic mass is 9.69. The molecule has 0 N–H and O–H groups in total. The molecule has 2 bridgehead atoms. The van der Waals surface area contributed by atoms with Gasteiger partial charge in [-0.05, 0) is 30.6 Å². The largest absolute Gasteiger partial charge is 0.367 e. The highest BCUT2D eigenvalue weighted by Gasteiger charge is 2.66. The molecule has 4 atom stereocenters. The van der Waals surface area contributed by atoms with Gasteiger partial charge in [-0.3, -0.25) is 0 Å². The van der Waals surface area contributed by atoms with Gasteiger partial charge in [0.1, 0.15) is 0 Å². The highest BCUT2D eigenvalue weighted by Crippen LogP contribution is 2.69. The molecule has 0 aromatic rings. The summed E-state index contributed by atoms with van der Waals surface area (Å²) in [6, 6.07) is 0. The summed E-state index contributed by atoms with van der Waals surface area (Å²) in [7, 11) is -1.15. The molecular formula is C14H26OSSi. The van der Waals surface area contributed by atoms with Crippen molar-refractivity contribution in [1.82, 2.24) is 0 Å². The van der Waals surface area contributed by atoms with E-state index in [0.717, 1.165) is 5.92 Å². The van der Waals surface area contributed by atoms with Gasteiger partial charge < -0.3 is 4.74 Å². The molecule has 3 fully saturated rings. The van der Waals surface area contributed by atoms with Crippen molar-refractivity contribution in [3.63, 3.8) is 0 Å². The Labute approximate surface area is 111 Å². The van der Waals surface area contributed by atoms with Crippen LogP contribution in [0.2, 0.25) is 19.6 Å². The summed E-state index contributed by atoms with van der Waals surface area (Å²) in [6.45, 7) is 12.3. The highest BCUT2D eigenvalue weighted by atomic mass is 32.2. The molecule has 1 saturated heterocycles. The lowest BCUT2D eigenvalue weighted by Crippen LogP contribution is -2.52. The summed E-state index contributed by atoms with van der Waals surface area (Å²) in [4.78, 5) is 0. The van der Waals surface area contributed by atoms with Crippen LogP contribution in [0.25, 0.3) is 0 Å². The molecule has 98 valence electrons. The van der Waals surface area contributed by atoms with Crippen LogP contribution in [0, 0.1) is 16.7 Å². The van der Waals surface area contributed by atoms with Crippen molar-refractivity contribution in [2.24, 2.45) is 16.7 Å². The van der Waals surface area contributed by atoms with Crippen LogP contribution in [-0.4, -0.2) is 25.0 Å². The van der Waals surface area contributed by atoms with Gasteiger partial charge in [-0.1, -0.05) is 33.5 Å². The number of hydrogen-bond acceptors (Lipinski definition) is 2. The molecule has 1 nitrogen and oxygen atoms in total. The zero-order chi connectivity index (χ0) is 12.5. The minimum Gasteiger partial charge on any atom is -0.367 e. The zero-order valence-electron chi connectivity index (χ0n) is 11.9. The first-order valence-electron chi connectivity index (χ1n) is 7.04. The second kappa shape index (κ2) is 3.54. The molecule has 2 aliphatic carbocycles. The van der Waals surface area contributed by atoms with Crippen LogP contribution in [0.4, 0.5) is 0 Å². The van der Waals surface area contributed by atoms with Crippen LogP contribution in [0.3, 0.4) is 0 Å². The number of rotatable bonds is 1. The van der Waals surface area contributed by atoms with E-state index in [1.165, 1.54) is 25.0 Å². The molecule has 1 spiro atoms. The third-order valence-corrected chi connectivity index (χ3v) is 11.1. The molecule has 0 unspecified atom stereocenters. The average molecular weight is 271 g/mol. The summed E-state index contributed by atoms with van der Waals surface area (Å²) in [5.41, 5.74) is 1.04. The van der Waals surface area contributed by atoms with E-state index >= 15 is 0 Å². The Bertz CT molecular complexity index is 336. The van der Waals surface area contributed by atoms with Crippen LogP contribution in [-0.2, 0) is 4.74 Å². The van der Waals surface area contributed by atoms with Crippen molar-refractivity contribution in [3.8, 4) is 0 Å². The van der Waals surface area contributed by atoms with E-state index in [1.54, 1.807) is 0 Å². The molecule has 0 radical (unpaired) electrons. The molecule has 0 amide bonds. The molecule has 3 aliphatic rings. The molecular weight excluding hydrogens is 244 g/mol. The van der Waals surface area contributed by atoms with Gasteiger partial charge in [0.25, 0.3) is 0 Å². The van der Waals surface area contributed by atoms with E-state index in [2.05, 4.69) is 45.3 Å². The smallest absolute Gasteiger partial charge is 0.0914 e. The predicted octanol–water partition coefficient (Wildman–Crippen LogP) is 4.15. The van der Waals surface area contributed by atoms with Crippen molar-refractivity contribution in [2.75, 3.05) is 5.75 Å². The van der Waals surface area contributed by atoms with Crippen LogP contribution < -0.4 is 0 Å². The Morgan fingerprint density at radius 3 is 2.53 bits per heavy atom. The van der Waals surface area contributed by atoms with E-state index in [9.17, 15) is 0 Å². The predicted molar refractivity (Wildman–Crippen MR) is 78.0 cm³/mol. The SMILES string of the molecule is CC1(C)[C@@H]2CC[C@]13CS[C@H]([Si](C)(C)C)O[C@@H]3C2. The lowest BCUT2D eigenvalue weighted by Gasteiger charge is -2.49. The highest BCUT2D eigenvalue weighted by molar-refractivity contribution is 8.01. The summed E-state index contributed by atoms with van der Waals surface area (Å²) in [5, 5.41) is 0.535. The molecule has 1 heterocycles. The average Bonchev–Trinajstić information content (AvgIpc) is 2.59. The van der Waals surface area contributed by atoms with Gasteiger partial charge in [-0.15, -0.1) is 11.8 Å². The van der Waals surface area contributed by atoms with Crippen LogP contribution >= 0.6 is 11.8 Å². The maximum absolute atomic E-state index is 6.56. The Kier molecular flexibility index (Phi) is 2.62. The molecule has 0 aromatic carbocycles. The van der Waals surface area contributed by atoms with Gasteiger partial charge in [-0.25, -0.2) is 0 Å². The fourth-order valence-corrected chi connectivity index (χ4v) is 8.58. The van der Waals surface area contributed by atoms with E-state index < -0.39 is 8.07 Å². The molecule has 0 aromatic heterocycles. The minimum atomic E-state index is -1.15. The molecule has 3 heteroatoms. The Morgan fingerprint density at radius 2 is 1.94 bits per heavy atom. The van der Waals surface area contributed by atoms with Crippen molar-refractivity contribution in [1.29, 1.82) is 0 Å². The van der Waals surface area contributed by atoms with Crippen molar-refractivity contribution in [2.45, 2.75) is 63.9 Å². The fourth-order valence-electron chi connectivity index (χ4n) is 4.40. The van der Waals surface area contributed by atoms with E-state index in [-0.39, 0.29) is 0 Å². The number of hydrogen-bond donors (Lipinski definition) is 0. The maximum atomic E-state index is 6.56. The Balaban J connectivity index is 1.85. The molecule has 3 rings (SSSR count). The second-order valence-corrected chi connectivity index (χ2v) is 14.7. The monoisotopic (exact) mass is 270 g/mol. The Hall–Kier alpha value is 0.527. The van der Waals surface area contributed by atoms with Crippen LogP contribution in [0.1, 0.15) is 33.1 Å². The summed E-state index contributed by atoms with van der Waals surface area (Å²) < 4.78 is 6.56. The molecule has 17 heavy (non-hydrogen) atoms. The molecule has 1 aliphatic heterocycles. The minimum absolute atomic E-state index is 0.512. The Morgan fingerprint density at radius 1 is 1.24 bits per heavy atom. The number of ether oxygens (including phenoxy) is 1. The third-order valence-electron chi connectivity index (χ3n) is 5.84. The van der Waals surface area contributed by atoms with Gasteiger partial charge in [0.05, 0.1) is 19.2 Å². The zero-order valence-corrected chi connectivity index (χ0v) is 13.7. The van der Waals surface area contributed by atoms with Gasteiger partial charge in [0, 0.05) is 11.2 Å². The second-order valence-electron chi connectivity index (χ2n) is 7.98. The van der Waals surface area contributed by atoms with Crippen molar-refractivity contribution >= 4 is 19.8 Å². The van der Waals surface area contributed by atoms with E-state index in [1.807, 2.05) is 0 Å². The lowest BCUT2D eigenvalue weighted by molar-refractivity contribution is -0.0475. The van der Waals surface area contributed by atoms with Crippen molar-refractivity contribution in [3.05, 3.63) is 0 Å². The standard InChI is InChI=1S/C14H26OSSi/c1-13(2)10-6-7-14(13)9-16-12(17(3,4)5)15-11(14)8-10/h10-12H,6-9H2,1-5H3/t10-,11-,12-,14-/m1/s1. The maximum Gasteiger partial charge on any atom is 0.0914 e. The number of fused-ring (bicyclic) bond motifs is 1.